The Morgan fingerprint density at radius 3 is 2.08 bits per heavy atom. The van der Waals surface area contributed by atoms with E-state index >= 15 is 0 Å². The summed E-state index contributed by atoms with van der Waals surface area (Å²) in [7, 11) is 0. The first-order chi connectivity index (χ1) is 11.4. The van der Waals surface area contributed by atoms with Gasteiger partial charge in [-0.05, 0) is 30.4 Å². The summed E-state index contributed by atoms with van der Waals surface area (Å²) < 4.78 is 0. The molecule has 2 rings (SSSR count). The summed E-state index contributed by atoms with van der Waals surface area (Å²) >= 11 is 0. The molecule has 2 aromatic rings. The van der Waals surface area contributed by atoms with Crippen LogP contribution in [0.4, 0.5) is 0 Å². The molecule has 0 bridgehead atoms. The summed E-state index contributed by atoms with van der Waals surface area (Å²) in [5.41, 5.74) is 5.38. The average molecular weight is 327 g/mol. The molecule has 2 aromatic carbocycles. The highest BCUT2D eigenvalue weighted by atomic mass is 16.4. The molecule has 0 amide bonds. The van der Waals surface area contributed by atoms with E-state index in [4.69, 9.17) is 5.73 Å². The fourth-order valence-corrected chi connectivity index (χ4v) is 2.98. The number of aliphatic hydroxyl groups is 1. The number of aliphatic carboxylic acids is 1. The molecule has 0 saturated heterocycles. The van der Waals surface area contributed by atoms with Gasteiger partial charge in [0.25, 0.3) is 0 Å². The Morgan fingerprint density at radius 2 is 1.54 bits per heavy atom. The highest BCUT2D eigenvalue weighted by Crippen LogP contribution is 2.34. The lowest BCUT2D eigenvalue weighted by Gasteiger charge is -2.31. The first kappa shape index (κ1) is 18.2. The molecule has 4 N–H and O–H groups in total. The molecular weight excluding hydrogens is 302 g/mol. The minimum atomic E-state index is -2.10. The van der Waals surface area contributed by atoms with E-state index in [1.807, 2.05) is 26.0 Å². The first-order valence-corrected chi connectivity index (χ1v) is 8.26. The molecule has 1 unspecified atom stereocenters. The fraction of sp³-hybridized carbons (Fsp3) is 0.350. The fourth-order valence-electron chi connectivity index (χ4n) is 2.98. The molecule has 0 saturated carbocycles. The first-order valence-electron chi connectivity index (χ1n) is 8.26. The lowest BCUT2D eigenvalue weighted by atomic mass is 9.79. The molecule has 0 spiro atoms. The number of carboxylic acid groups (broad SMARTS) is 1. The summed E-state index contributed by atoms with van der Waals surface area (Å²) in [6, 6.07) is 15.6. The summed E-state index contributed by atoms with van der Waals surface area (Å²) in [5, 5.41) is 20.9. The Hall–Kier alpha value is -2.17. The van der Waals surface area contributed by atoms with Gasteiger partial charge in [-0.2, -0.15) is 0 Å². The molecule has 0 radical (unpaired) electrons. The molecule has 1 atom stereocenters. The minimum absolute atomic E-state index is 0.334. The van der Waals surface area contributed by atoms with Crippen molar-refractivity contribution in [1.29, 1.82) is 0 Å². The number of carboxylic acids is 1. The SMILES string of the molecule is CCC(N)(CC)Cc1ccccc1C(O)(C(=O)O)c1ccccc1. The van der Waals surface area contributed by atoms with Gasteiger partial charge in [0.15, 0.2) is 0 Å². The van der Waals surface area contributed by atoms with Gasteiger partial charge in [0, 0.05) is 11.1 Å². The molecular formula is C20H25NO3. The summed E-state index contributed by atoms with van der Waals surface area (Å²) in [4.78, 5) is 12.0. The summed E-state index contributed by atoms with van der Waals surface area (Å²) in [6.45, 7) is 4.04. The molecule has 0 aromatic heterocycles. The molecule has 24 heavy (non-hydrogen) atoms. The molecule has 4 heteroatoms. The number of benzene rings is 2. The van der Waals surface area contributed by atoms with Crippen molar-refractivity contribution in [2.24, 2.45) is 5.73 Å². The minimum Gasteiger partial charge on any atom is -0.479 e. The second-order valence-electron chi connectivity index (χ2n) is 6.28. The van der Waals surface area contributed by atoms with E-state index in [0.29, 0.717) is 17.5 Å². The summed E-state index contributed by atoms with van der Waals surface area (Å²) in [5.74, 6) is -1.29. The van der Waals surface area contributed by atoms with Crippen molar-refractivity contribution < 1.29 is 15.0 Å². The van der Waals surface area contributed by atoms with Crippen LogP contribution in [0.25, 0.3) is 0 Å². The van der Waals surface area contributed by atoms with E-state index in [1.54, 1.807) is 42.5 Å². The number of nitrogens with two attached hydrogens (primary N) is 1. The van der Waals surface area contributed by atoms with E-state index in [2.05, 4.69) is 0 Å². The van der Waals surface area contributed by atoms with Gasteiger partial charge < -0.3 is 15.9 Å². The Balaban J connectivity index is 2.59. The van der Waals surface area contributed by atoms with Gasteiger partial charge >= 0.3 is 5.97 Å². The van der Waals surface area contributed by atoms with Crippen LogP contribution in [0.5, 0.6) is 0 Å². The van der Waals surface area contributed by atoms with E-state index in [-0.39, 0.29) is 0 Å². The quantitative estimate of drug-likeness (QED) is 0.730. The normalized spacial score (nSPS) is 14.2. The van der Waals surface area contributed by atoms with Crippen LogP contribution in [0.1, 0.15) is 43.4 Å². The van der Waals surface area contributed by atoms with Crippen molar-refractivity contribution in [2.45, 2.75) is 44.2 Å². The zero-order valence-corrected chi connectivity index (χ0v) is 14.2. The maximum Gasteiger partial charge on any atom is 0.345 e. The molecule has 0 heterocycles. The van der Waals surface area contributed by atoms with Crippen molar-refractivity contribution in [3.05, 3.63) is 71.3 Å². The molecule has 0 aliphatic heterocycles. The molecule has 0 aliphatic carbocycles. The van der Waals surface area contributed by atoms with Crippen LogP contribution in [0.2, 0.25) is 0 Å². The third kappa shape index (κ3) is 3.35. The van der Waals surface area contributed by atoms with Crippen LogP contribution >= 0.6 is 0 Å². The molecule has 4 nitrogen and oxygen atoms in total. The van der Waals surface area contributed by atoms with E-state index in [9.17, 15) is 15.0 Å². The molecule has 128 valence electrons. The zero-order chi connectivity index (χ0) is 17.8. The predicted octanol–water partition coefficient (Wildman–Crippen LogP) is 3.07. The third-order valence-corrected chi connectivity index (χ3v) is 4.86. The smallest absolute Gasteiger partial charge is 0.345 e. The highest BCUT2D eigenvalue weighted by Gasteiger charge is 2.42. The van der Waals surface area contributed by atoms with Crippen LogP contribution in [-0.4, -0.2) is 21.7 Å². The van der Waals surface area contributed by atoms with Crippen molar-refractivity contribution in [3.63, 3.8) is 0 Å². The van der Waals surface area contributed by atoms with Crippen LogP contribution in [0, 0.1) is 0 Å². The van der Waals surface area contributed by atoms with Gasteiger partial charge in [-0.3, -0.25) is 0 Å². The lowest BCUT2D eigenvalue weighted by molar-refractivity contribution is -0.155. The number of hydrogen-bond acceptors (Lipinski definition) is 3. The Kier molecular flexibility index (Phi) is 5.42. The number of rotatable bonds is 7. The molecule has 0 fully saturated rings. The maximum absolute atomic E-state index is 12.0. The topological polar surface area (TPSA) is 83.5 Å². The second-order valence-corrected chi connectivity index (χ2v) is 6.28. The van der Waals surface area contributed by atoms with Crippen LogP contribution in [0.3, 0.4) is 0 Å². The van der Waals surface area contributed by atoms with Crippen LogP contribution in [-0.2, 0) is 16.8 Å². The lowest BCUT2D eigenvalue weighted by Crippen LogP contribution is -2.43. The average Bonchev–Trinajstić information content (AvgIpc) is 2.62. The third-order valence-electron chi connectivity index (χ3n) is 4.86. The van der Waals surface area contributed by atoms with Crippen molar-refractivity contribution in [1.82, 2.24) is 0 Å². The van der Waals surface area contributed by atoms with E-state index in [1.165, 1.54) is 0 Å². The van der Waals surface area contributed by atoms with Crippen molar-refractivity contribution in [2.75, 3.05) is 0 Å². The Labute approximate surface area is 142 Å². The monoisotopic (exact) mass is 327 g/mol. The van der Waals surface area contributed by atoms with Gasteiger partial charge in [0.1, 0.15) is 0 Å². The van der Waals surface area contributed by atoms with E-state index in [0.717, 1.165) is 18.4 Å². The predicted molar refractivity (Wildman–Crippen MR) is 94.7 cm³/mol. The zero-order valence-electron chi connectivity index (χ0n) is 14.2. The highest BCUT2D eigenvalue weighted by molar-refractivity contribution is 5.84. The summed E-state index contributed by atoms with van der Waals surface area (Å²) in [6.07, 6.45) is 2.06. The van der Waals surface area contributed by atoms with Crippen LogP contribution < -0.4 is 5.73 Å². The largest absolute Gasteiger partial charge is 0.479 e. The van der Waals surface area contributed by atoms with E-state index < -0.39 is 17.1 Å². The van der Waals surface area contributed by atoms with Gasteiger partial charge in [-0.15, -0.1) is 0 Å². The molecule has 0 aliphatic rings. The van der Waals surface area contributed by atoms with Crippen molar-refractivity contribution >= 4 is 5.97 Å². The van der Waals surface area contributed by atoms with Gasteiger partial charge in [0.2, 0.25) is 5.60 Å². The Morgan fingerprint density at radius 1 is 1.00 bits per heavy atom. The maximum atomic E-state index is 12.0. The standard InChI is InChI=1S/C20H25NO3/c1-3-19(21,4-2)14-15-10-8-9-13-17(15)20(24,18(22)23)16-11-6-5-7-12-16/h5-13,24H,3-4,14,21H2,1-2H3,(H,22,23). The Bertz CT molecular complexity index is 695. The van der Waals surface area contributed by atoms with Crippen LogP contribution in [0.15, 0.2) is 54.6 Å². The number of carbonyl (C=O) groups is 1. The second kappa shape index (κ2) is 7.16. The van der Waals surface area contributed by atoms with Gasteiger partial charge in [0.05, 0.1) is 0 Å². The van der Waals surface area contributed by atoms with Gasteiger partial charge in [-0.25, -0.2) is 4.79 Å². The number of hydrogen-bond donors (Lipinski definition) is 3. The van der Waals surface area contributed by atoms with Crippen molar-refractivity contribution in [3.8, 4) is 0 Å². The van der Waals surface area contributed by atoms with Gasteiger partial charge in [-0.1, -0.05) is 68.4 Å².